The fraction of sp³-hybridized carbons (Fsp3) is 0.632. The van der Waals surface area contributed by atoms with E-state index in [1.165, 1.54) is 6.20 Å². The van der Waals surface area contributed by atoms with Gasteiger partial charge in [-0.2, -0.15) is 0 Å². The van der Waals surface area contributed by atoms with Gasteiger partial charge in [0, 0.05) is 11.0 Å². The van der Waals surface area contributed by atoms with E-state index >= 15 is 0 Å². The van der Waals surface area contributed by atoms with E-state index in [4.69, 9.17) is 11.6 Å². The highest BCUT2D eigenvalue weighted by Crippen LogP contribution is 2.45. The molecule has 3 atom stereocenters. The van der Waals surface area contributed by atoms with Crippen LogP contribution in [0.1, 0.15) is 41.5 Å². The average Bonchev–Trinajstić information content (AvgIpc) is 2.52. The van der Waals surface area contributed by atoms with E-state index in [1.54, 1.807) is 0 Å². The van der Waals surface area contributed by atoms with Gasteiger partial charge >= 0.3 is 5.70 Å². The topological polar surface area (TPSA) is 67.5 Å². The molecule has 0 saturated heterocycles. The van der Waals surface area contributed by atoms with Gasteiger partial charge in [0.15, 0.2) is 0 Å². The first-order valence-electron chi connectivity index (χ1n) is 8.81. The molecule has 1 heterocycles. The summed E-state index contributed by atoms with van der Waals surface area (Å²) in [7, 11) is 0. The summed E-state index contributed by atoms with van der Waals surface area (Å²) in [5.41, 5.74) is 1.01. The second kappa shape index (κ2) is 7.04. The smallest absolute Gasteiger partial charge is 0.286 e. The van der Waals surface area contributed by atoms with Crippen LogP contribution in [0, 0.1) is 33.3 Å². The van der Waals surface area contributed by atoms with Crippen molar-refractivity contribution in [2.45, 2.75) is 46.5 Å². The van der Waals surface area contributed by atoms with Crippen molar-refractivity contribution in [3.05, 3.63) is 45.8 Å². The number of fused-ring (bicyclic) bond motifs is 1. The summed E-state index contributed by atoms with van der Waals surface area (Å²) in [4.78, 5) is 14.1. The lowest BCUT2D eigenvalue weighted by Crippen LogP contribution is -2.51. The minimum Gasteiger partial charge on any atom is -0.286 e. The van der Waals surface area contributed by atoms with Gasteiger partial charge in [0.1, 0.15) is 6.20 Å². The molecule has 0 bridgehead atoms. The highest BCUT2D eigenvalue weighted by atomic mass is 35.5. The molecule has 0 saturated carbocycles. The van der Waals surface area contributed by atoms with Crippen molar-refractivity contribution in [1.29, 1.82) is 0 Å². The Labute approximate surface area is 155 Å². The number of hydrogen-bond acceptors (Lipinski definition) is 4. The van der Waals surface area contributed by atoms with Crippen molar-refractivity contribution in [3.63, 3.8) is 0 Å². The molecular weight excluding hydrogens is 338 g/mol. The minimum atomic E-state index is -1.37. The Kier molecular flexibility index (Phi) is 5.59. The molecule has 0 amide bonds. The lowest BCUT2D eigenvalue weighted by Gasteiger charge is -2.40. The van der Waals surface area contributed by atoms with Crippen LogP contribution in [0.2, 0.25) is 0 Å². The predicted molar refractivity (Wildman–Crippen MR) is 103 cm³/mol. The van der Waals surface area contributed by atoms with Crippen molar-refractivity contribution >= 4 is 17.3 Å². The number of rotatable bonds is 6. The SMILES string of the molecule is CC(C)CNC1(Cl)C2=CC(C)(C(C)C(C)C)C=CC2=NC=C1[N+](=O)[O-]. The second-order valence-electron chi connectivity index (χ2n) is 8.01. The molecule has 1 N–H and O–H groups in total. The fourth-order valence-corrected chi connectivity index (χ4v) is 3.58. The third kappa shape index (κ3) is 3.72. The molecule has 0 aromatic rings. The molecule has 0 aromatic carbocycles. The van der Waals surface area contributed by atoms with Crippen LogP contribution < -0.4 is 5.32 Å². The van der Waals surface area contributed by atoms with Gasteiger partial charge in [0.05, 0.1) is 10.6 Å². The third-order valence-electron chi connectivity index (χ3n) is 5.31. The van der Waals surface area contributed by atoms with Gasteiger partial charge in [-0.15, -0.1) is 0 Å². The molecule has 3 unspecified atom stereocenters. The van der Waals surface area contributed by atoms with Crippen LogP contribution in [0.15, 0.2) is 40.7 Å². The number of nitrogens with zero attached hydrogens (tertiary/aromatic N) is 2. The Hall–Kier alpha value is -1.46. The fourth-order valence-electron chi connectivity index (χ4n) is 3.23. The standard InChI is InChI=1S/C19H28ClN3O2/c1-12(2)10-22-19(20)15-9-18(6,14(5)13(3)4)8-7-16(15)21-11-17(19)23(24)25/h7-9,11-14,22H,10H2,1-6H3. The molecule has 0 fully saturated rings. The van der Waals surface area contributed by atoms with E-state index in [0.717, 1.165) is 0 Å². The van der Waals surface area contributed by atoms with Crippen molar-refractivity contribution in [2.24, 2.45) is 28.2 Å². The summed E-state index contributed by atoms with van der Waals surface area (Å²) in [5, 5.41) is 14.8. The van der Waals surface area contributed by atoms with Gasteiger partial charge in [0.25, 0.3) is 0 Å². The summed E-state index contributed by atoms with van der Waals surface area (Å²) in [5.74, 6) is 1.13. The number of nitro groups is 1. The number of aliphatic imine (C=N–C) groups is 1. The highest BCUT2D eigenvalue weighted by Gasteiger charge is 2.50. The van der Waals surface area contributed by atoms with Crippen molar-refractivity contribution in [2.75, 3.05) is 6.54 Å². The summed E-state index contributed by atoms with van der Waals surface area (Å²) < 4.78 is 0. The van der Waals surface area contributed by atoms with Crippen LogP contribution in [-0.2, 0) is 0 Å². The zero-order valence-corrected chi connectivity index (χ0v) is 16.6. The lowest BCUT2D eigenvalue weighted by atomic mass is 9.68. The number of alkyl halides is 1. The summed E-state index contributed by atoms with van der Waals surface area (Å²) >= 11 is 6.86. The molecular formula is C19H28ClN3O2. The molecule has 2 rings (SSSR count). The van der Waals surface area contributed by atoms with Crippen LogP contribution in [0.4, 0.5) is 0 Å². The van der Waals surface area contributed by atoms with E-state index in [0.29, 0.717) is 35.6 Å². The van der Waals surface area contributed by atoms with Crippen LogP contribution in [0.5, 0.6) is 0 Å². The normalized spacial score (nSPS) is 29.9. The van der Waals surface area contributed by atoms with Crippen LogP contribution in [-0.4, -0.2) is 22.2 Å². The quantitative estimate of drug-likeness (QED) is 0.325. The zero-order chi connectivity index (χ0) is 19.0. The van der Waals surface area contributed by atoms with E-state index in [9.17, 15) is 10.1 Å². The second-order valence-corrected chi connectivity index (χ2v) is 8.58. The highest BCUT2D eigenvalue weighted by molar-refractivity contribution is 6.33. The molecule has 1 aliphatic heterocycles. The van der Waals surface area contributed by atoms with Crippen LogP contribution in [0.25, 0.3) is 0 Å². The molecule has 5 nitrogen and oxygen atoms in total. The molecule has 0 spiro atoms. The number of halogens is 1. The number of allylic oxidation sites excluding steroid dienone is 3. The summed E-state index contributed by atoms with van der Waals surface area (Å²) in [6.07, 6.45) is 7.40. The maximum absolute atomic E-state index is 11.6. The third-order valence-corrected chi connectivity index (χ3v) is 5.84. The van der Waals surface area contributed by atoms with E-state index in [1.807, 2.05) is 19.9 Å². The van der Waals surface area contributed by atoms with Crippen molar-refractivity contribution < 1.29 is 4.92 Å². The molecule has 6 heteroatoms. The Morgan fingerprint density at radius 3 is 2.48 bits per heavy atom. The zero-order valence-electron chi connectivity index (χ0n) is 15.8. The number of nitrogens with one attached hydrogen (secondary N) is 1. The molecule has 2 aliphatic rings. The largest absolute Gasteiger partial charge is 0.304 e. The molecule has 1 aliphatic carbocycles. The Bertz CT molecular complexity index is 678. The maximum atomic E-state index is 11.6. The van der Waals surface area contributed by atoms with Gasteiger partial charge < -0.3 is 0 Å². The van der Waals surface area contributed by atoms with E-state index in [-0.39, 0.29) is 11.1 Å². The Morgan fingerprint density at radius 1 is 1.32 bits per heavy atom. The van der Waals surface area contributed by atoms with Gasteiger partial charge in [0.2, 0.25) is 5.00 Å². The van der Waals surface area contributed by atoms with Gasteiger partial charge in [-0.25, -0.2) is 4.99 Å². The van der Waals surface area contributed by atoms with Crippen LogP contribution >= 0.6 is 11.6 Å². The van der Waals surface area contributed by atoms with Crippen molar-refractivity contribution in [3.8, 4) is 0 Å². The molecule has 0 aromatic heterocycles. The van der Waals surface area contributed by atoms with Crippen molar-refractivity contribution in [1.82, 2.24) is 5.32 Å². The first-order valence-corrected chi connectivity index (χ1v) is 9.18. The van der Waals surface area contributed by atoms with E-state index < -0.39 is 9.92 Å². The minimum absolute atomic E-state index is 0.125. The first-order chi connectivity index (χ1) is 11.5. The molecule has 0 radical (unpaired) electrons. The van der Waals surface area contributed by atoms with Gasteiger partial charge in [-0.1, -0.05) is 65.3 Å². The average molecular weight is 366 g/mol. The monoisotopic (exact) mass is 365 g/mol. The van der Waals surface area contributed by atoms with Gasteiger partial charge in [-0.05, 0) is 30.4 Å². The summed E-state index contributed by atoms with van der Waals surface area (Å²) in [6, 6.07) is 0. The Morgan fingerprint density at radius 2 is 1.96 bits per heavy atom. The lowest BCUT2D eigenvalue weighted by molar-refractivity contribution is -0.431. The molecule has 138 valence electrons. The molecule has 25 heavy (non-hydrogen) atoms. The van der Waals surface area contributed by atoms with E-state index in [2.05, 4.69) is 50.2 Å². The maximum Gasteiger partial charge on any atom is 0.304 e. The Balaban J connectivity index is 2.55. The van der Waals surface area contributed by atoms with Crippen LogP contribution in [0.3, 0.4) is 0 Å². The summed E-state index contributed by atoms with van der Waals surface area (Å²) in [6.45, 7) is 13.3. The first kappa shape index (κ1) is 19.9. The van der Waals surface area contributed by atoms with Gasteiger partial charge in [-0.3, -0.25) is 15.4 Å². The number of hydrogen-bond donors (Lipinski definition) is 1. The predicted octanol–water partition coefficient (Wildman–Crippen LogP) is 4.53.